The van der Waals surface area contributed by atoms with E-state index in [1.807, 2.05) is 19.0 Å². The van der Waals surface area contributed by atoms with Crippen LogP contribution in [0.25, 0.3) is 11.4 Å². The molecule has 28 heavy (non-hydrogen) atoms. The van der Waals surface area contributed by atoms with Crippen LogP contribution in [-0.4, -0.2) is 46.4 Å². The number of anilines is 1. The maximum Gasteiger partial charge on any atom is 0.255 e. The number of halogens is 1. The number of pyridine rings is 1. The second kappa shape index (κ2) is 7.34. The third kappa shape index (κ3) is 3.43. The topological polar surface area (TPSA) is 62.2 Å². The molecule has 1 amide bonds. The summed E-state index contributed by atoms with van der Waals surface area (Å²) in [5.41, 5.74) is 3.02. The first kappa shape index (κ1) is 18.0. The summed E-state index contributed by atoms with van der Waals surface area (Å²) >= 11 is 0. The fourth-order valence-electron chi connectivity index (χ4n) is 3.37. The number of amides is 1. The fraction of sp³-hybridized carbons (Fsp3) is 0.238. The van der Waals surface area contributed by atoms with Gasteiger partial charge in [0.1, 0.15) is 11.6 Å². The van der Waals surface area contributed by atoms with Crippen LogP contribution >= 0.6 is 0 Å². The summed E-state index contributed by atoms with van der Waals surface area (Å²) < 4.78 is 13.6. The molecule has 0 N–H and O–H groups in total. The first-order chi connectivity index (χ1) is 13.5. The average Bonchev–Trinajstić information content (AvgIpc) is 2.72. The lowest BCUT2D eigenvalue weighted by Crippen LogP contribution is -2.37. The molecule has 6 nitrogen and oxygen atoms in total. The van der Waals surface area contributed by atoms with Gasteiger partial charge in [0, 0.05) is 50.6 Å². The molecule has 0 fully saturated rings. The second-order valence-electron chi connectivity index (χ2n) is 6.92. The number of benzene rings is 1. The zero-order chi connectivity index (χ0) is 19.7. The van der Waals surface area contributed by atoms with Crippen molar-refractivity contribution >= 4 is 11.7 Å². The number of fused-ring (bicyclic) bond motifs is 1. The van der Waals surface area contributed by atoms with E-state index in [0.29, 0.717) is 36.5 Å². The summed E-state index contributed by atoms with van der Waals surface area (Å²) in [6.45, 7) is 0.993. The lowest BCUT2D eigenvalue weighted by atomic mass is 10.0. The van der Waals surface area contributed by atoms with Crippen LogP contribution in [0.2, 0.25) is 0 Å². The Bertz CT molecular complexity index is 1020. The molecule has 2 aromatic heterocycles. The first-order valence-electron chi connectivity index (χ1n) is 9.05. The van der Waals surface area contributed by atoms with Crippen LogP contribution in [0.3, 0.4) is 0 Å². The highest BCUT2D eigenvalue weighted by molar-refractivity contribution is 5.94. The van der Waals surface area contributed by atoms with Crippen molar-refractivity contribution in [2.75, 3.05) is 25.5 Å². The highest BCUT2D eigenvalue weighted by Gasteiger charge is 2.27. The van der Waals surface area contributed by atoms with Crippen LogP contribution in [0.5, 0.6) is 0 Å². The molecular weight excluding hydrogens is 357 g/mol. The Kier molecular flexibility index (Phi) is 4.73. The minimum atomic E-state index is -0.321. The maximum atomic E-state index is 13.6. The lowest BCUT2D eigenvalue weighted by Gasteiger charge is -2.31. The third-order valence-electron chi connectivity index (χ3n) is 4.74. The van der Waals surface area contributed by atoms with Gasteiger partial charge in [0.05, 0.1) is 17.8 Å². The van der Waals surface area contributed by atoms with Crippen LogP contribution < -0.4 is 4.90 Å². The van der Waals surface area contributed by atoms with Crippen molar-refractivity contribution in [3.05, 3.63) is 71.4 Å². The van der Waals surface area contributed by atoms with E-state index in [2.05, 4.69) is 15.0 Å². The van der Waals surface area contributed by atoms with E-state index in [-0.39, 0.29) is 11.7 Å². The number of hydrogen-bond acceptors (Lipinski definition) is 5. The monoisotopic (exact) mass is 377 g/mol. The Morgan fingerprint density at radius 3 is 2.75 bits per heavy atom. The van der Waals surface area contributed by atoms with Crippen LogP contribution in [0, 0.1) is 5.82 Å². The van der Waals surface area contributed by atoms with E-state index in [1.54, 1.807) is 41.6 Å². The van der Waals surface area contributed by atoms with Gasteiger partial charge < -0.3 is 9.80 Å². The van der Waals surface area contributed by atoms with Crippen molar-refractivity contribution in [3.63, 3.8) is 0 Å². The smallest absolute Gasteiger partial charge is 0.255 e. The van der Waals surface area contributed by atoms with Gasteiger partial charge in [0.2, 0.25) is 0 Å². The Hall–Kier alpha value is -3.35. The molecule has 0 spiro atoms. The zero-order valence-corrected chi connectivity index (χ0v) is 15.8. The van der Waals surface area contributed by atoms with E-state index in [0.717, 1.165) is 17.1 Å². The number of carbonyl (C=O) groups is 1. The van der Waals surface area contributed by atoms with Gasteiger partial charge in [0.15, 0.2) is 5.82 Å². The van der Waals surface area contributed by atoms with Gasteiger partial charge in [-0.05, 0) is 24.3 Å². The zero-order valence-electron chi connectivity index (χ0n) is 15.8. The molecule has 7 heteroatoms. The van der Waals surface area contributed by atoms with Crippen LogP contribution in [0.1, 0.15) is 21.6 Å². The largest absolute Gasteiger partial charge is 0.362 e. The molecule has 0 radical (unpaired) electrons. The highest BCUT2D eigenvalue weighted by atomic mass is 19.1. The van der Waals surface area contributed by atoms with Crippen LogP contribution in [0.4, 0.5) is 10.2 Å². The minimum absolute atomic E-state index is 0.0577. The maximum absolute atomic E-state index is 13.6. The summed E-state index contributed by atoms with van der Waals surface area (Å²) in [5.74, 6) is 0.859. The Morgan fingerprint density at radius 1 is 1.18 bits per heavy atom. The van der Waals surface area contributed by atoms with Crippen molar-refractivity contribution < 1.29 is 9.18 Å². The van der Waals surface area contributed by atoms with E-state index < -0.39 is 0 Å². The van der Waals surface area contributed by atoms with Crippen LogP contribution in [-0.2, 0) is 13.0 Å². The Morgan fingerprint density at radius 2 is 2.04 bits per heavy atom. The predicted molar refractivity (Wildman–Crippen MR) is 104 cm³/mol. The fourth-order valence-corrected chi connectivity index (χ4v) is 3.37. The summed E-state index contributed by atoms with van der Waals surface area (Å²) in [7, 11) is 3.81. The molecule has 4 rings (SSSR count). The van der Waals surface area contributed by atoms with Gasteiger partial charge in [-0.25, -0.2) is 14.4 Å². The number of carbonyl (C=O) groups excluding carboxylic acids is 1. The molecule has 3 heterocycles. The van der Waals surface area contributed by atoms with Crippen LogP contribution in [0.15, 0.2) is 48.8 Å². The molecule has 0 bridgehead atoms. The Balaban J connectivity index is 1.71. The first-order valence-corrected chi connectivity index (χ1v) is 9.05. The summed E-state index contributed by atoms with van der Waals surface area (Å²) in [5, 5.41) is 0. The molecule has 142 valence electrons. The predicted octanol–water partition coefficient (Wildman–Crippen LogP) is 2.94. The summed E-state index contributed by atoms with van der Waals surface area (Å²) in [4.78, 5) is 29.9. The van der Waals surface area contributed by atoms with Gasteiger partial charge >= 0.3 is 0 Å². The van der Waals surface area contributed by atoms with Crippen molar-refractivity contribution in [1.82, 2.24) is 19.9 Å². The molecular formula is C21H20FN5O. The summed E-state index contributed by atoms with van der Waals surface area (Å²) in [6.07, 6.45) is 3.84. The number of hydrogen-bond donors (Lipinski definition) is 0. The number of aromatic nitrogens is 3. The average molecular weight is 377 g/mol. The normalized spacial score (nSPS) is 13.2. The van der Waals surface area contributed by atoms with E-state index in [1.165, 1.54) is 12.1 Å². The molecule has 0 unspecified atom stereocenters. The standard InChI is InChI=1S/C21H20FN5O/c1-26(2)20-17-13-27(21(28)15-6-4-9-23-12-15)10-8-18(17)24-19(25-20)14-5-3-7-16(22)11-14/h3-7,9,11-12H,8,10,13H2,1-2H3. The lowest BCUT2D eigenvalue weighted by molar-refractivity contribution is 0.0733. The third-order valence-corrected chi connectivity index (χ3v) is 4.74. The highest BCUT2D eigenvalue weighted by Crippen LogP contribution is 2.29. The van der Waals surface area contributed by atoms with Crippen molar-refractivity contribution in [2.45, 2.75) is 13.0 Å². The SMILES string of the molecule is CN(C)c1nc(-c2cccc(F)c2)nc2c1CN(C(=O)c1cccnc1)CC2. The molecule has 0 saturated heterocycles. The van der Waals surface area contributed by atoms with E-state index >= 15 is 0 Å². The Labute approximate surface area is 162 Å². The molecule has 1 aliphatic rings. The van der Waals surface area contributed by atoms with Crippen molar-refractivity contribution in [1.29, 1.82) is 0 Å². The molecule has 1 aromatic carbocycles. The van der Waals surface area contributed by atoms with Gasteiger partial charge in [0.25, 0.3) is 5.91 Å². The van der Waals surface area contributed by atoms with Gasteiger partial charge in [-0.3, -0.25) is 9.78 Å². The van der Waals surface area contributed by atoms with Gasteiger partial charge in [-0.1, -0.05) is 12.1 Å². The summed E-state index contributed by atoms with van der Waals surface area (Å²) in [6, 6.07) is 9.80. The molecule has 0 saturated carbocycles. The second-order valence-corrected chi connectivity index (χ2v) is 6.92. The van der Waals surface area contributed by atoms with Gasteiger partial charge in [-0.15, -0.1) is 0 Å². The number of rotatable bonds is 3. The molecule has 3 aromatic rings. The van der Waals surface area contributed by atoms with Gasteiger partial charge in [-0.2, -0.15) is 0 Å². The van der Waals surface area contributed by atoms with E-state index in [4.69, 9.17) is 0 Å². The molecule has 1 aliphatic heterocycles. The number of nitrogens with zero attached hydrogens (tertiary/aromatic N) is 5. The molecule has 0 aliphatic carbocycles. The quantitative estimate of drug-likeness (QED) is 0.702. The van der Waals surface area contributed by atoms with Crippen molar-refractivity contribution in [3.8, 4) is 11.4 Å². The molecule has 0 atom stereocenters. The van der Waals surface area contributed by atoms with Crippen molar-refractivity contribution in [2.24, 2.45) is 0 Å². The minimum Gasteiger partial charge on any atom is -0.362 e. The van der Waals surface area contributed by atoms with E-state index in [9.17, 15) is 9.18 Å².